The molecule has 0 radical (unpaired) electrons. The number of aromatic nitrogens is 2. The molecule has 0 atom stereocenters. The van der Waals surface area contributed by atoms with Gasteiger partial charge in [0.1, 0.15) is 5.82 Å². The Morgan fingerprint density at radius 2 is 2.28 bits per heavy atom. The zero-order valence-corrected chi connectivity index (χ0v) is 10.8. The minimum atomic E-state index is -0.462. The average molecular weight is 264 g/mol. The zero-order chi connectivity index (χ0) is 13.1. The maximum atomic E-state index is 11.5. The molecule has 2 aromatic heterocycles. The van der Waals surface area contributed by atoms with E-state index in [2.05, 4.69) is 10.1 Å². The van der Waals surface area contributed by atoms with Gasteiger partial charge >= 0.3 is 5.69 Å². The van der Waals surface area contributed by atoms with Crippen molar-refractivity contribution in [2.24, 2.45) is 12.1 Å². The van der Waals surface area contributed by atoms with Gasteiger partial charge in [0.15, 0.2) is 0 Å². The van der Waals surface area contributed by atoms with Crippen LogP contribution in [0.4, 0.5) is 5.82 Å². The van der Waals surface area contributed by atoms with E-state index in [9.17, 15) is 9.59 Å². The molecule has 2 aromatic rings. The number of hydrogen-bond donors (Lipinski definition) is 1. The monoisotopic (exact) mass is 264 g/mol. The van der Waals surface area contributed by atoms with Crippen LogP contribution in [0.25, 0.3) is 0 Å². The maximum Gasteiger partial charge on any atom is 0.329 e. The van der Waals surface area contributed by atoms with Crippen molar-refractivity contribution in [2.45, 2.75) is 0 Å². The van der Waals surface area contributed by atoms with Crippen LogP contribution in [0.3, 0.4) is 0 Å². The molecule has 0 aliphatic carbocycles. The third-order valence-corrected chi connectivity index (χ3v) is 3.19. The highest BCUT2D eigenvalue weighted by molar-refractivity contribution is 7.11. The van der Waals surface area contributed by atoms with Crippen LogP contribution in [0.5, 0.6) is 0 Å². The van der Waals surface area contributed by atoms with Crippen molar-refractivity contribution in [3.05, 3.63) is 49.3 Å². The summed E-state index contributed by atoms with van der Waals surface area (Å²) in [4.78, 5) is 26.5. The van der Waals surface area contributed by atoms with Crippen LogP contribution < -0.4 is 16.3 Å². The highest BCUT2D eigenvalue weighted by Gasteiger charge is 2.03. The lowest BCUT2D eigenvalue weighted by atomic mass is 10.5. The maximum absolute atomic E-state index is 11.5. The van der Waals surface area contributed by atoms with Crippen LogP contribution in [-0.4, -0.2) is 22.8 Å². The third-order valence-electron chi connectivity index (χ3n) is 2.38. The topological polar surface area (TPSA) is 70.5 Å². The summed E-state index contributed by atoms with van der Waals surface area (Å²) < 4.78 is 1.00. The van der Waals surface area contributed by atoms with Crippen LogP contribution in [0.1, 0.15) is 4.88 Å². The Kier molecular flexibility index (Phi) is 3.42. The minimum Gasteiger partial charge on any atom is -0.292 e. The van der Waals surface area contributed by atoms with E-state index in [0.29, 0.717) is 5.82 Å². The Balaban J connectivity index is 2.27. The lowest BCUT2D eigenvalue weighted by Gasteiger charge is -2.11. The molecule has 0 saturated carbocycles. The summed E-state index contributed by atoms with van der Waals surface area (Å²) >= 11 is 1.56. The summed E-state index contributed by atoms with van der Waals surface area (Å²) in [5.41, 5.74) is -0.831. The second kappa shape index (κ2) is 5.01. The minimum absolute atomic E-state index is 0.357. The van der Waals surface area contributed by atoms with Crippen LogP contribution in [0, 0.1) is 0 Å². The molecule has 0 unspecified atom stereocenters. The first-order chi connectivity index (χ1) is 8.58. The van der Waals surface area contributed by atoms with Gasteiger partial charge in [-0.15, -0.1) is 11.3 Å². The van der Waals surface area contributed by atoms with E-state index < -0.39 is 5.69 Å². The predicted octanol–water partition coefficient (Wildman–Crippen LogP) is 0.605. The van der Waals surface area contributed by atoms with Crippen molar-refractivity contribution < 1.29 is 0 Å². The number of rotatable bonds is 3. The molecule has 1 N–H and O–H groups in total. The lowest BCUT2D eigenvalue weighted by Crippen LogP contribution is -2.33. The number of thiophene rings is 1. The van der Waals surface area contributed by atoms with Gasteiger partial charge in [-0.05, 0) is 11.4 Å². The van der Waals surface area contributed by atoms with E-state index in [1.807, 2.05) is 17.5 Å². The molecule has 2 rings (SSSR count). The summed E-state index contributed by atoms with van der Waals surface area (Å²) in [6.45, 7) is 0. The van der Waals surface area contributed by atoms with Gasteiger partial charge in [-0.2, -0.15) is 5.10 Å². The molecule has 0 fully saturated rings. The van der Waals surface area contributed by atoms with Crippen molar-refractivity contribution in [1.29, 1.82) is 0 Å². The summed E-state index contributed by atoms with van der Waals surface area (Å²) in [5.74, 6) is 0.357. The highest BCUT2D eigenvalue weighted by Crippen LogP contribution is 2.07. The van der Waals surface area contributed by atoms with Crippen LogP contribution in [0.2, 0.25) is 0 Å². The molecule has 0 aliphatic rings. The quantitative estimate of drug-likeness (QED) is 0.652. The fourth-order valence-electron chi connectivity index (χ4n) is 1.29. The summed E-state index contributed by atoms with van der Waals surface area (Å²) in [7, 11) is 3.08. The number of nitrogens with zero attached hydrogens (tertiary/aromatic N) is 3. The van der Waals surface area contributed by atoms with Crippen LogP contribution >= 0.6 is 11.3 Å². The first kappa shape index (κ1) is 12.3. The van der Waals surface area contributed by atoms with Gasteiger partial charge in [0.05, 0.1) is 6.21 Å². The number of H-pyrrole nitrogens is 1. The Bertz CT molecular complexity index is 638. The number of nitrogens with one attached hydrogen (secondary N) is 1. The fraction of sp³-hybridized carbons (Fsp3) is 0.182. The van der Waals surface area contributed by atoms with Gasteiger partial charge in [0.2, 0.25) is 0 Å². The van der Waals surface area contributed by atoms with Crippen molar-refractivity contribution in [2.75, 3.05) is 12.1 Å². The molecule has 0 aliphatic heterocycles. The molecule has 6 nitrogen and oxygen atoms in total. The Morgan fingerprint density at radius 3 is 2.89 bits per heavy atom. The Hall–Kier alpha value is -2.15. The molecule has 18 heavy (non-hydrogen) atoms. The SMILES string of the molecule is CN(/N=C/c1cccs1)c1cc(=O)n(C)c(=O)[nH]1. The van der Waals surface area contributed by atoms with E-state index >= 15 is 0 Å². The van der Waals surface area contributed by atoms with Crippen molar-refractivity contribution >= 4 is 23.4 Å². The van der Waals surface area contributed by atoms with Gasteiger partial charge in [-0.1, -0.05) is 6.07 Å². The second-order valence-corrected chi connectivity index (χ2v) is 4.62. The number of hydrazone groups is 1. The van der Waals surface area contributed by atoms with Crippen molar-refractivity contribution in [3.8, 4) is 0 Å². The van der Waals surface area contributed by atoms with Gasteiger partial charge in [0, 0.05) is 25.0 Å². The lowest BCUT2D eigenvalue weighted by molar-refractivity contribution is 0.766. The van der Waals surface area contributed by atoms with Gasteiger partial charge in [-0.3, -0.25) is 19.4 Å². The summed E-state index contributed by atoms with van der Waals surface area (Å²) in [6.07, 6.45) is 1.67. The first-order valence-electron chi connectivity index (χ1n) is 5.19. The molecule has 0 aromatic carbocycles. The van der Waals surface area contributed by atoms with E-state index in [-0.39, 0.29) is 5.56 Å². The Morgan fingerprint density at radius 1 is 1.50 bits per heavy atom. The molecular formula is C11H12N4O2S. The average Bonchev–Trinajstić information content (AvgIpc) is 2.85. The standard InChI is InChI=1S/C11H12N4O2S/c1-14-10(16)6-9(13-11(14)17)15(2)12-7-8-4-3-5-18-8/h3-7H,1-2H3,(H,13,17)/b12-7+. The second-order valence-electron chi connectivity index (χ2n) is 3.64. The third kappa shape index (κ3) is 2.57. The molecule has 0 amide bonds. The van der Waals surface area contributed by atoms with Gasteiger partial charge in [-0.25, -0.2) is 4.79 Å². The molecule has 0 spiro atoms. The Labute approximate surface area is 107 Å². The smallest absolute Gasteiger partial charge is 0.292 e. The van der Waals surface area contributed by atoms with Gasteiger partial charge in [0.25, 0.3) is 5.56 Å². The van der Waals surface area contributed by atoms with E-state index in [1.165, 1.54) is 18.1 Å². The van der Waals surface area contributed by atoms with Crippen LogP contribution in [-0.2, 0) is 7.05 Å². The number of anilines is 1. The molecule has 94 valence electrons. The molecule has 0 bridgehead atoms. The first-order valence-corrected chi connectivity index (χ1v) is 6.07. The van der Waals surface area contributed by atoms with Gasteiger partial charge < -0.3 is 0 Å². The molecule has 2 heterocycles. The summed E-state index contributed by atoms with van der Waals surface area (Å²) in [5, 5.41) is 7.54. The normalized spacial score (nSPS) is 11.0. The zero-order valence-electron chi connectivity index (χ0n) is 9.95. The van der Waals surface area contributed by atoms with Crippen LogP contribution in [0.15, 0.2) is 38.3 Å². The van der Waals surface area contributed by atoms with E-state index in [1.54, 1.807) is 24.6 Å². The van der Waals surface area contributed by atoms with Crippen molar-refractivity contribution in [3.63, 3.8) is 0 Å². The highest BCUT2D eigenvalue weighted by atomic mass is 32.1. The molecule has 0 saturated heterocycles. The van der Waals surface area contributed by atoms with E-state index in [0.717, 1.165) is 9.44 Å². The van der Waals surface area contributed by atoms with Crippen molar-refractivity contribution in [1.82, 2.24) is 9.55 Å². The predicted molar refractivity (Wildman–Crippen MR) is 72.6 cm³/mol. The summed E-state index contributed by atoms with van der Waals surface area (Å²) in [6, 6.07) is 5.17. The molecule has 7 heteroatoms. The molecular weight excluding hydrogens is 252 g/mol. The van der Waals surface area contributed by atoms with E-state index in [4.69, 9.17) is 0 Å². The number of hydrogen-bond acceptors (Lipinski definition) is 5. The largest absolute Gasteiger partial charge is 0.329 e. The fourth-order valence-corrected chi connectivity index (χ4v) is 1.87. The number of aromatic amines is 1.